The molecule has 0 aliphatic heterocycles. The Morgan fingerprint density at radius 2 is 2.05 bits per heavy atom. The molecule has 110 valence electrons. The molecule has 1 aliphatic carbocycles. The molecule has 20 heavy (non-hydrogen) atoms. The van der Waals surface area contributed by atoms with E-state index in [-0.39, 0.29) is 11.9 Å². The Morgan fingerprint density at radius 3 is 2.60 bits per heavy atom. The maximum Gasteiger partial charge on any atom is 0.307 e. The fourth-order valence-corrected chi connectivity index (χ4v) is 3.47. The number of carbonyl (C=O) groups is 2. The molecule has 1 unspecified atom stereocenters. The van der Waals surface area contributed by atoms with E-state index >= 15 is 0 Å². The van der Waals surface area contributed by atoms with Crippen molar-refractivity contribution in [2.24, 2.45) is 11.8 Å². The second kappa shape index (κ2) is 6.35. The summed E-state index contributed by atoms with van der Waals surface area (Å²) in [5.74, 6) is -1.97. The van der Waals surface area contributed by atoms with Crippen LogP contribution in [-0.2, 0) is 9.59 Å². The quantitative estimate of drug-likeness (QED) is 0.894. The summed E-state index contributed by atoms with van der Waals surface area (Å²) in [7, 11) is 0. The standard InChI is InChI=1S/C14H20N2O3S/c1-8-7-15-13(20-8)9(2)16-12(17)10-5-3-4-6-11(10)14(18)19/h7,9-11H,3-6H2,1-2H3,(H,16,17)(H,18,19)/t9?,10-,11+/m1/s1. The highest BCUT2D eigenvalue weighted by atomic mass is 32.1. The predicted molar refractivity (Wildman–Crippen MR) is 76.5 cm³/mol. The highest BCUT2D eigenvalue weighted by Gasteiger charge is 2.36. The van der Waals surface area contributed by atoms with Crippen LogP contribution < -0.4 is 5.32 Å². The molecule has 3 atom stereocenters. The number of aliphatic carboxylic acids is 1. The second-order valence-electron chi connectivity index (χ2n) is 5.38. The first-order valence-electron chi connectivity index (χ1n) is 6.94. The van der Waals surface area contributed by atoms with E-state index < -0.39 is 17.8 Å². The summed E-state index contributed by atoms with van der Waals surface area (Å²) >= 11 is 1.55. The van der Waals surface area contributed by atoms with E-state index in [0.717, 1.165) is 22.7 Å². The van der Waals surface area contributed by atoms with Crippen LogP contribution in [0.3, 0.4) is 0 Å². The first kappa shape index (κ1) is 15.0. The van der Waals surface area contributed by atoms with Crippen LogP contribution in [-0.4, -0.2) is 22.0 Å². The lowest BCUT2D eigenvalue weighted by Crippen LogP contribution is -2.40. The lowest BCUT2D eigenvalue weighted by Gasteiger charge is -2.28. The highest BCUT2D eigenvalue weighted by molar-refractivity contribution is 7.11. The molecule has 1 heterocycles. The summed E-state index contributed by atoms with van der Waals surface area (Å²) in [6, 6.07) is -0.169. The molecule has 1 amide bonds. The van der Waals surface area contributed by atoms with E-state index in [4.69, 9.17) is 0 Å². The Kier molecular flexibility index (Phi) is 4.75. The molecule has 1 aromatic rings. The number of aryl methyl sites for hydroxylation is 1. The number of rotatable bonds is 4. The first-order chi connectivity index (χ1) is 9.49. The van der Waals surface area contributed by atoms with Crippen LogP contribution in [0.5, 0.6) is 0 Å². The van der Waals surface area contributed by atoms with Crippen molar-refractivity contribution < 1.29 is 14.7 Å². The van der Waals surface area contributed by atoms with Gasteiger partial charge in [-0.15, -0.1) is 11.3 Å². The first-order valence-corrected chi connectivity index (χ1v) is 7.76. The Bertz CT molecular complexity index is 500. The molecule has 1 saturated carbocycles. The largest absolute Gasteiger partial charge is 0.481 e. The molecule has 0 saturated heterocycles. The number of carbonyl (C=O) groups excluding carboxylic acids is 1. The summed E-state index contributed by atoms with van der Waals surface area (Å²) in [6.45, 7) is 3.85. The average Bonchev–Trinajstić information content (AvgIpc) is 2.85. The van der Waals surface area contributed by atoms with Crippen LogP contribution in [0, 0.1) is 18.8 Å². The van der Waals surface area contributed by atoms with Gasteiger partial charge >= 0.3 is 5.97 Å². The average molecular weight is 296 g/mol. The number of nitrogens with zero attached hydrogens (tertiary/aromatic N) is 1. The molecule has 0 radical (unpaired) electrons. The van der Waals surface area contributed by atoms with Gasteiger partial charge in [0.25, 0.3) is 0 Å². The number of hydrogen-bond donors (Lipinski definition) is 2. The highest BCUT2D eigenvalue weighted by Crippen LogP contribution is 2.31. The van der Waals surface area contributed by atoms with Crippen molar-refractivity contribution in [3.05, 3.63) is 16.1 Å². The minimum atomic E-state index is -0.859. The monoisotopic (exact) mass is 296 g/mol. The zero-order valence-corrected chi connectivity index (χ0v) is 12.6. The van der Waals surface area contributed by atoms with Crippen LogP contribution in [0.25, 0.3) is 0 Å². The Hall–Kier alpha value is -1.43. The molecule has 5 nitrogen and oxygen atoms in total. The Morgan fingerprint density at radius 1 is 1.40 bits per heavy atom. The molecule has 2 rings (SSSR count). The summed E-state index contributed by atoms with van der Waals surface area (Å²) in [6.07, 6.45) is 4.85. The van der Waals surface area contributed by atoms with Gasteiger partial charge in [0.05, 0.1) is 17.9 Å². The van der Waals surface area contributed by atoms with Gasteiger partial charge in [-0.25, -0.2) is 4.98 Å². The van der Waals surface area contributed by atoms with Gasteiger partial charge in [-0.3, -0.25) is 9.59 Å². The fourth-order valence-electron chi connectivity index (χ4n) is 2.69. The van der Waals surface area contributed by atoms with Crippen LogP contribution >= 0.6 is 11.3 Å². The number of aromatic nitrogens is 1. The van der Waals surface area contributed by atoms with E-state index in [1.807, 2.05) is 13.8 Å². The number of hydrogen-bond acceptors (Lipinski definition) is 4. The normalized spacial score (nSPS) is 24.1. The molecule has 1 fully saturated rings. The molecule has 1 aromatic heterocycles. The van der Waals surface area contributed by atoms with Crippen molar-refractivity contribution in [3.63, 3.8) is 0 Å². The third kappa shape index (κ3) is 3.36. The van der Waals surface area contributed by atoms with Gasteiger partial charge < -0.3 is 10.4 Å². The predicted octanol–water partition coefficient (Wildman–Crippen LogP) is 2.52. The van der Waals surface area contributed by atoms with Crippen molar-refractivity contribution in [3.8, 4) is 0 Å². The van der Waals surface area contributed by atoms with Gasteiger partial charge in [-0.05, 0) is 26.7 Å². The lowest BCUT2D eigenvalue weighted by atomic mass is 9.78. The molecule has 0 spiro atoms. The van der Waals surface area contributed by atoms with Crippen molar-refractivity contribution >= 4 is 23.2 Å². The summed E-state index contributed by atoms with van der Waals surface area (Å²) in [4.78, 5) is 28.9. The Labute approximate surface area is 122 Å². The SMILES string of the molecule is Cc1cnc(C(C)NC(=O)[C@@H]2CCCC[C@@H]2C(=O)O)s1. The van der Waals surface area contributed by atoms with Crippen molar-refractivity contribution in [1.29, 1.82) is 0 Å². The summed E-state index contributed by atoms with van der Waals surface area (Å²) in [5, 5.41) is 13.0. The zero-order chi connectivity index (χ0) is 14.7. The topological polar surface area (TPSA) is 79.3 Å². The van der Waals surface area contributed by atoms with Gasteiger partial charge in [0.1, 0.15) is 5.01 Å². The molecule has 1 aliphatic rings. The van der Waals surface area contributed by atoms with E-state index in [0.29, 0.717) is 12.8 Å². The minimum absolute atomic E-state index is 0.155. The molecule has 0 bridgehead atoms. The molecule has 6 heteroatoms. The van der Waals surface area contributed by atoms with E-state index in [2.05, 4.69) is 10.3 Å². The van der Waals surface area contributed by atoms with Crippen LogP contribution in [0.2, 0.25) is 0 Å². The van der Waals surface area contributed by atoms with Gasteiger partial charge in [0.15, 0.2) is 0 Å². The third-order valence-corrected chi connectivity index (χ3v) is 4.88. The van der Waals surface area contributed by atoms with Crippen LogP contribution in [0.4, 0.5) is 0 Å². The van der Waals surface area contributed by atoms with Crippen molar-refractivity contribution in [2.75, 3.05) is 0 Å². The van der Waals surface area contributed by atoms with E-state index in [9.17, 15) is 14.7 Å². The maximum absolute atomic E-state index is 12.3. The van der Waals surface area contributed by atoms with Crippen molar-refractivity contribution in [1.82, 2.24) is 10.3 Å². The zero-order valence-electron chi connectivity index (χ0n) is 11.8. The fraction of sp³-hybridized carbons (Fsp3) is 0.643. The number of amides is 1. The number of nitrogens with one attached hydrogen (secondary N) is 1. The van der Waals surface area contributed by atoms with Gasteiger partial charge in [0.2, 0.25) is 5.91 Å². The van der Waals surface area contributed by atoms with Gasteiger partial charge in [-0.1, -0.05) is 12.8 Å². The van der Waals surface area contributed by atoms with Crippen LogP contribution in [0.15, 0.2) is 6.20 Å². The summed E-state index contributed by atoms with van der Waals surface area (Å²) in [5.41, 5.74) is 0. The van der Waals surface area contributed by atoms with Gasteiger partial charge in [-0.2, -0.15) is 0 Å². The lowest BCUT2D eigenvalue weighted by molar-refractivity contribution is -0.149. The van der Waals surface area contributed by atoms with Crippen molar-refractivity contribution in [2.45, 2.75) is 45.6 Å². The van der Waals surface area contributed by atoms with E-state index in [1.54, 1.807) is 17.5 Å². The van der Waals surface area contributed by atoms with Gasteiger partial charge in [0, 0.05) is 11.1 Å². The molecule has 2 N–H and O–H groups in total. The third-order valence-electron chi connectivity index (χ3n) is 3.79. The van der Waals surface area contributed by atoms with E-state index in [1.165, 1.54) is 0 Å². The maximum atomic E-state index is 12.3. The number of thiazole rings is 1. The minimum Gasteiger partial charge on any atom is -0.481 e. The second-order valence-corrected chi connectivity index (χ2v) is 6.64. The number of carboxylic acid groups (broad SMARTS) is 1. The van der Waals surface area contributed by atoms with Crippen LogP contribution in [0.1, 0.15) is 48.5 Å². The molecular weight excluding hydrogens is 276 g/mol. The number of carboxylic acids is 1. The Balaban J connectivity index is 2.01. The smallest absolute Gasteiger partial charge is 0.307 e. The summed E-state index contributed by atoms with van der Waals surface area (Å²) < 4.78 is 0. The molecular formula is C14H20N2O3S. The molecule has 0 aromatic carbocycles.